The van der Waals surface area contributed by atoms with Crippen LogP contribution in [0.25, 0.3) is 27.3 Å². The summed E-state index contributed by atoms with van der Waals surface area (Å²) < 4.78 is 17.2. The zero-order valence-corrected chi connectivity index (χ0v) is 16.7. The Hall–Kier alpha value is -3.32. The Morgan fingerprint density at radius 3 is 2.52 bits per heavy atom. The van der Waals surface area contributed by atoms with E-state index < -0.39 is 0 Å². The summed E-state index contributed by atoms with van der Waals surface area (Å²) in [4.78, 5) is 19.9. The molecule has 144 valence electrons. The molecule has 0 saturated carbocycles. The highest BCUT2D eigenvalue weighted by Crippen LogP contribution is 2.32. The van der Waals surface area contributed by atoms with E-state index in [4.69, 9.17) is 0 Å². The number of hydrogen-bond acceptors (Lipinski definition) is 4. The smallest absolute Gasteiger partial charge is 0.278 e. The van der Waals surface area contributed by atoms with Gasteiger partial charge in [0.25, 0.3) is 0 Å². The lowest BCUT2D eigenvalue weighted by Gasteiger charge is -2.09. The fourth-order valence-corrected chi connectivity index (χ4v) is 4.66. The Morgan fingerprint density at radius 2 is 1.76 bits per heavy atom. The van der Waals surface area contributed by atoms with Crippen molar-refractivity contribution < 1.29 is 4.39 Å². The largest absolute Gasteiger partial charge is 0.352 e. The van der Waals surface area contributed by atoms with E-state index in [-0.39, 0.29) is 18.1 Å². The van der Waals surface area contributed by atoms with Crippen LogP contribution in [0.3, 0.4) is 0 Å². The van der Waals surface area contributed by atoms with E-state index in [2.05, 4.69) is 10.1 Å². The van der Waals surface area contributed by atoms with E-state index >= 15 is 0 Å². The second-order valence-electron chi connectivity index (χ2n) is 6.96. The molecule has 0 amide bonds. The molecule has 0 unspecified atom stereocenters. The first-order chi connectivity index (χ1) is 14.0. The van der Waals surface area contributed by atoms with Crippen molar-refractivity contribution in [3.63, 3.8) is 0 Å². The summed E-state index contributed by atoms with van der Waals surface area (Å²) in [7, 11) is 0. The van der Waals surface area contributed by atoms with E-state index in [1.807, 2.05) is 44.2 Å². The summed E-state index contributed by atoms with van der Waals surface area (Å²) >= 11 is 1.52. The average Bonchev–Trinajstić information content (AvgIpc) is 3.29. The molecule has 0 saturated heterocycles. The van der Waals surface area contributed by atoms with Gasteiger partial charge in [0, 0.05) is 16.0 Å². The third-order valence-corrected chi connectivity index (χ3v) is 6.40. The molecule has 0 aliphatic heterocycles. The molecule has 7 heteroatoms. The minimum absolute atomic E-state index is 0.137. The van der Waals surface area contributed by atoms with Crippen LogP contribution in [0.1, 0.15) is 16.0 Å². The maximum absolute atomic E-state index is 14.3. The van der Waals surface area contributed by atoms with Crippen molar-refractivity contribution >= 4 is 27.2 Å². The highest BCUT2D eigenvalue weighted by Gasteiger charge is 2.21. The summed E-state index contributed by atoms with van der Waals surface area (Å²) in [5, 5.41) is 5.38. The van der Waals surface area contributed by atoms with E-state index in [1.165, 1.54) is 21.9 Å². The van der Waals surface area contributed by atoms with Gasteiger partial charge in [0.2, 0.25) is 0 Å². The van der Waals surface area contributed by atoms with Gasteiger partial charge in [0.1, 0.15) is 10.6 Å². The summed E-state index contributed by atoms with van der Waals surface area (Å²) in [5.74, 6) is 0.164. The molecule has 3 heterocycles. The van der Waals surface area contributed by atoms with Crippen LogP contribution >= 0.6 is 11.3 Å². The predicted molar refractivity (Wildman–Crippen MR) is 113 cm³/mol. The summed E-state index contributed by atoms with van der Waals surface area (Å²) in [6, 6.07) is 16.1. The third-order valence-electron chi connectivity index (χ3n) is 5.17. The van der Waals surface area contributed by atoms with Crippen LogP contribution in [-0.2, 0) is 6.54 Å². The zero-order valence-electron chi connectivity index (χ0n) is 15.9. The van der Waals surface area contributed by atoms with E-state index in [1.54, 1.807) is 22.8 Å². The summed E-state index contributed by atoms with van der Waals surface area (Å²) in [6.07, 6.45) is 0. The molecule has 0 aliphatic carbocycles. The van der Waals surface area contributed by atoms with Gasteiger partial charge >= 0.3 is 5.69 Å². The molecule has 5 rings (SSSR count). The van der Waals surface area contributed by atoms with Crippen LogP contribution in [0.2, 0.25) is 0 Å². The minimum atomic E-state index is -0.332. The number of benzene rings is 2. The Morgan fingerprint density at radius 1 is 1.03 bits per heavy atom. The lowest BCUT2D eigenvalue weighted by Crippen LogP contribution is -2.28. The molecule has 0 N–H and O–H groups in total. The van der Waals surface area contributed by atoms with Crippen molar-refractivity contribution in [1.82, 2.24) is 19.2 Å². The van der Waals surface area contributed by atoms with Crippen LogP contribution in [-0.4, -0.2) is 19.2 Å². The van der Waals surface area contributed by atoms with Gasteiger partial charge in [-0.05, 0) is 25.5 Å². The molecular weight excluding hydrogens is 387 g/mol. The predicted octanol–water partition coefficient (Wildman–Crippen LogP) is 4.58. The monoisotopic (exact) mass is 404 g/mol. The molecule has 0 aliphatic rings. The van der Waals surface area contributed by atoms with E-state index in [0.717, 1.165) is 26.2 Å². The Labute approximate surface area is 169 Å². The Balaban J connectivity index is 1.83. The van der Waals surface area contributed by atoms with Gasteiger partial charge in [-0.25, -0.2) is 14.2 Å². The number of aromatic nitrogens is 4. The Kier molecular flexibility index (Phi) is 4.06. The van der Waals surface area contributed by atoms with Crippen LogP contribution < -0.4 is 5.69 Å². The molecule has 0 spiro atoms. The van der Waals surface area contributed by atoms with Crippen LogP contribution in [0.4, 0.5) is 4.39 Å². The minimum Gasteiger partial charge on any atom is -0.278 e. The van der Waals surface area contributed by atoms with Crippen molar-refractivity contribution in [2.24, 2.45) is 0 Å². The summed E-state index contributed by atoms with van der Waals surface area (Å²) in [5.41, 5.74) is 2.57. The molecule has 5 nitrogen and oxygen atoms in total. The summed E-state index contributed by atoms with van der Waals surface area (Å²) in [6.45, 7) is 4.17. The second-order valence-corrected chi connectivity index (χ2v) is 8.16. The van der Waals surface area contributed by atoms with Crippen molar-refractivity contribution in [1.29, 1.82) is 0 Å². The van der Waals surface area contributed by atoms with Crippen LogP contribution in [0.15, 0.2) is 59.4 Å². The molecule has 5 aromatic rings. The van der Waals surface area contributed by atoms with Gasteiger partial charge < -0.3 is 0 Å². The van der Waals surface area contributed by atoms with E-state index in [9.17, 15) is 9.18 Å². The normalized spacial score (nSPS) is 11.6. The number of nitrogens with zero attached hydrogens (tertiary/aromatic N) is 4. The maximum Gasteiger partial charge on any atom is 0.352 e. The third kappa shape index (κ3) is 2.77. The SMILES string of the molecule is Cc1sc2c(c1C)c1nc(-c3ccccc3)nn1c(=O)n2Cc1ccccc1F. The van der Waals surface area contributed by atoms with Crippen molar-refractivity contribution in [3.8, 4) is 11.4 Å². The fourth-order valence-electron chi connectivity index (χ4n) is 3.52. The Bertz CT molecular complexity index is 1430. The first kappa shape index (κ1) is 17.8. The number of thiophene rings is 1. The average molecular weight is 404 g/mol. The number of rotatable bonds is 3. The highest BCUT2D eigenvalue weighted by atomic mass is 32.1. The van der Waals surface area contributed by atoms with Crippen LogP contribution in [0, 0.1) is 19.7 Å². The molecule has 29 heavy (non-hydrogen) atoms. The fraction of sp³-hybridized carbons (Fsp3) is 0.136. The number of halogens is 1. The molecule has 0 bridgehead atoms. The number of aryl methyl sites for hydroxylation is 2. The molecular formula is C22H17FN4OS. The van der Waals surface area contributed by atoms with Crippen molar-refractivity contribution in [2.75, 3.05) is 0 Å². The van der Waals surface area contributed by atoms with Gasteiger partial charge in [-0.15, -0.1) is 16.4 Å². The number of hydrogen-bond donors (Lipinski definition) is 0. The molecule has 2 aromatic carbocycles. The molecule has 0 fully saturated rings. The first-order valence-electron chi connectivity index (χ1n) is 9.22. The van der Waals surface area contributed by atoms with Gasteiger partial charge in [-0.1, -0.05) is 48.5 Å². The first-order valence-corrected chi connectivity index (χ1v) is 10.0. The van der Waals surface area contributed by atoms with E-state index in [0.29, 0.717) is 17.0 Å². The van der Waals surface area contributed by atoms with Gasteiger partial charge in [0.05, 0.1) is 11.9 Å². The maximum atomic E-state index is 14.3. The van der Waals surface area contributed by atoms with Gasteiger partial charge in [0.15, 0.2) is 11.5 Å². The van der Waals surface area contributed by atoms with Gasteiger partial charge in [-0.2, -0.15) is 4.52 Å². The molecule has 3 aromatic heterocycles. The molecule has 0 atom stereocenters. The quantitative estimate of drug-likeness (QED) is 0.442. The lowest BCUT2D eigenvalue weighted by molar-refractivity contribution is 0.595. The highest BCUT2D eigenvalue weighted by molar-refractivity contribution is 7.19. The standard InChI is InChI=1S/C22H17FN4OS/c1-13-14(2)29-21-18(13)20-24-19(15-8-4-3-5-9-15)25-27(20)22(28)26(21)12-16-10-6-7-11-17(16)23/h3-11H,12H2,1-2H3. The zero-order chi connectivity index (χ0) is 20.1. The lowest BCUT2D eigenvalue weighted by atomic mass is 10.2. The second kappa shape index (κ2) is 6.63. The van der Waals surface area contributed by atoms with Crippen LogP contribution in [0.5, 0.6) is 0 Å². The van der Waals surface area contributed by atoms with Gasteiger partial charge in [-0.3, -0.25) is 4.57 Å². The molecule has 0 radical (unpaired) electrons. The van der Waals surface area contributed by atoms with Crippen molar-refractivity contribution in [3.05, 3.63) is 86.9 Å². The topological polar surface area (TPSA) is 52.2 Å². The van der Waals surface area contributed by atoms with Crippen molar-refractivity contribution in [2.45, 2.75) is 20.4 Å². The number of fused-ring (bicyclic) bond motifs is 3.